The second kappa shape index (κ2) is 5.14. The van der Waals surface area contributed by atoms with E-state index in [1.54, 1.807) is 11.4 Å². The van der Waals surface area contributed by atoms with Crippen LogP contribution in [0.4, 0.5) is 4.39 Å². The molecule has 0 fully saturated rings. The highest BCUT2D eigenvalue weighted by Crippen LogP contribution is 2.26. The van der Waals surface area contributed by atoms with Crippen LogP contribution < -0.4 is 10.5 Å². The van der Waals surface area contributed by atoms with Crippen molar-refractivity contribution in [2.24, 2.45) is 5.73 Å². The SMILES string of the molecule is COc1ccc(-c2csc(CC(N)=O)n2)cc1F. The quantitative estimate of drug-likeness (QED) is 0.920. The normalized spacial score (nSPS) is 10.3. The number of thiazole rings is 1. The van der Waals surface area contributed by atoms with Crippen molar-refractivity contribution in [3.8, 4) is 17.0 Å². The third-order valence-corrected chi connectivity index (χ3v) is 3.17. The lowest BCUT2D eigenvalue weighted by molar-refractivity contribution is -0.117. The molecule has 6 heteroatoms. The van der Waals surface area contributed by atoms with Crippen LogP contribution in [0, 0.1) is 5.82 Å². The van der Waals surface area contributed by atoms with Crippen molar-refractivity contribution in [3.63, 3.8) is 0 Å². The average Bonchev–Trinajstić information content (AvgIpc) is 2.76. The summed E-state index contributed by atoms with van der Waals surface area (Å²) in [5.74, 6) is -0.692. The van der Waals surface area contributed by atoms with E-state index in [0.717, 1.165) is 0 Å². The molecular weight excluding hydrogens is 255 g/mol. The fraction of sp³-hybridized carbons (Fsp3) is 0.167. The van der Waals surface area contributed by atoms with Crippen LogP contribution in [0.5, 0.6) is 5.75 Å². The van der Waals surface area contributed by atoms with Gasteiger partial charge in [-0.05, 0) is 18.2 Å². The smallest absolute Gasteiger partial charge is 0.224 e. The van der Waals surface area contributed by atoms with Crippen molar-refractivity contribution in [2.45, 2.75) is 6.42 Å². The molecule has 1 amide bonds. The van der Waals surface area contributed by atoms with E-state index in [4.69, 9.17) is 10.5 Å². The molecule has 2 rings (SSSR count). The Morgan fingerprint density at radius 1 is 1.56 bits per heavy atom. The molecule has 0 bridgehead atoms. The molecule has 0 aliphatic heterocycles. The van der Waals surface area contributed by atoms with E-state index < -0.39 is 11.7 Å². The molecule has 0 radical (unpaired) electrons. The van der Waals surface area contributed by atoms with Gasteiger partial charge in [-0.2, -0.15) is 0 Å². The lowest BCUT2D eigenvalue weighted by Gasteiger charge is -2.02. The van der Waals surface area contributed by atoms with Gasteiger partial charge in [-0.15, -0.1) is 11.3 Å². The molecule has 2 aromatic rings. The summed E-state index contributed by atoms with van der Waals surface area (Å²) >= 11 is 1.32. The molecule has 2 N–H and O–H groups in total. The van der Waals surface area contributed by atoms with Gasteiger partial charge in [0, 0.05) is 10.9 Å². The average molecular weight is 266 g/mol. The number of carbonyl (C=O) groups excluding carboxylic acids is 1. The van der Waals surface area contributed by atoms with E-state index in [1.165, 1.54) is 30.6 Å². The summed E-state index contributed by atoms with van der Waals surface area (Å²) in [6.07, 6.45) is 0.100. The topological polar surface area (TPSA) is 65.2 Å². The Kier molecular flexibility index (Phi) is 3.57. The van der Waals surface area contributed by atoms with Crippen LogP contribution >= 0.6 is 11.3 Å². The zero-order valence-corrected chi connectivity index (χ0v) is 10.5. The minimum absolute atomic E-state index is 0.100. The molecule has 1 aromatic carbocycles. The number of aromatic nitrogens is 1. The highest BCUT2D eigenvalue weighted by atomic mass is 32.1. The molecule has 0 unspecified atom stereocenters. The van der Waals surface area contributed by atoms with Gasteiger partial charge in [0.05, 0.1) is 19.2 Å². The minimum atomic E-state index is -0.445. The van der Waals surface area contributed by atoms with Crippen molar-refractivity contribution in [1.29, 1.82) is 0 Å². The van der Waals surface area contributed by atoms with Crippen LogP contribution in [0.2, 0.25) is 0 Å². The fourth-order valence-electron chi connectivity index (χ4n) is 1.50. The van der Waals surface area contributed by atoms with Gasteiger partial charge < -0.3 is 10.5 Å². The van der Waals surface area contributed by atoms with E-state index in [1.807, 2.05) is 0 Å². The van der Waals surface area contributed by atoms with Crippen LogP contribution in [0.25, 0.3) is 11.3 Å². The number of rotatable bonds is 4. The molecule has 0 spiro atoms. The van der Waals surface area contributed by atoms with Crippen LogP contribution in [0.3, 0.4) is 0 Å². The van der Waals surface area contributed by atoms with Crippen LogP contribution in [0.1, 0.15) is 5.01 Å². The molecule has 94 valence electrons. The summed E-state index contributed by atoms with van der Waals surface area (Å²) in [6, 6.07) is 4.60. The Morgan fingerprint density at radius 3 is 2.94 bits per heavy atom. The standard InChI is InChI=1S/C12H11FN2O2S/c1-17-10-3-2-7(4-8(10)13)9-6-18-12(15-9)5-11(14)16/h2-4,6H,5H2,1H3,(H2,14,16). The van der Waals surface area contributed by atoms with Crippen molar-refractivity contribution in [3.05, 3.63) is 34.4 Å². The number of methoxy groups -OCH3 is 1. The van der Waals surface area contributed by atoms with Gasteiger partial charge >= 0.3 is 0 Å². The molecule has 0 aliphatic carbocycles. The Morgan fingerprint density at radius 2 is 2.33 bits per heavy atom. The van der Waals surface area contributed by atoms with Gasteiger partial charge in [-0.25, -0.2) is 9.37 Å². The summed E-state index contributed by atoms with van der Waals surface area (Å²) in [5.41, 5.74) is 6.35. The molecule has 1 heterocycles. The third-order valence-electron chi connectivity index (χ3n) is 2.32. The number of carbonyl (C=O) groups is 1. The van der Waals surface area contributed by atoms with Crippen LogP contribution in [-0.2, 0) is 11.2 Å². The number of hydrogen-bond donors (Lipinski definition) is 1. The molecule has 0 atom stereocenters. The van der Waals surface area contributed by atoms with Crippen molar-refractivity contribution in [1.82, 2.24) is 4.98 Å². The molecule has 18 heavy (non-hydrogen) atoms. The van der Waals surface area contributed by atoms with E-state index >= 15 is 0 Å². The Bertz CT molecular complexity index is 583. The lowest BCUT2D eigenvalue weighted by atomic mass is 10.1. The molecule has 0 saturated carbocycles. The number of amides is 1. The van der Waals surface area contributed by atoms with Gasteiger partial charge in [0.25, 0.3) is 0 Å². The minimum Gasteiger partial charge on any atom is -0.494 e. The zero-order chi connectivity index (χ0) is 13.1. The summed E-state index contributed by atoms with van der Waals surface area (Å²) < 4.78 is 18.4. The molecule has 1 aromatic heterocycles. The van der Waals surface area contributed by atoms with E-state index in [9.17, 15) is 9.18 Å². The van der Waals surface area contributed by atoms with Gasteiger partial charge in [0.15, 0.2) is 11.6 Å². The predicted molar refractivity (Wildman–Crippen MR) is 67.0 cm³/mol. The van der Waals surface area contributed by atoms with Gasteiger partial charge in [0.2, 0.25) is 5.91 Å². The van der Waals surface area contributed by atoms with E-state index in [2.05, 4.69) is 4.98 Å². The molecule has 0 aliphatic rings. The number of benzene rings is 1. The van der Waals surface area contributed by atoms with E-state index in [0.29, 0.717) is 16.3 Å². The maximum atomic E-state index is 13.5. The van der Waals surface area contributed by atoms with Crippen molar-refractivity contribution < 1.29 is 13.9 Å². The monoisotopic (exact) mass is 266 g/mol. The summed E-state index contributed by atoms with van der Waals surface area (Å²) in [6.45, 7) is 0. The Balaban J connectivity index is 2.28. The van der Waals surface area contributed by atoms with Gasteiger partial charge in [0.1, 0.15) is 5.01 Å². The van der Waals surface area contributed by atoms with Crippen molar-refractivity contribution >= 4 is 17.2 Å². The Hall–Kier alpha value is -1.95. The number of nitrogens with two attached hydrogens (primary N) is 1. The third kappa shape index (κ3) is 2.65. The number of ether oxygens (including phenoxy) is 1. The number of halogens is 1. The highest BCUT2D eigenvalue weighted by molar-refractivity contribution is 7.10. The maximum absolute atomic E-state index is 13.5. The second-order valence-electron chi connectivity index (χ2n) is 3.62. The van der Waals surface area contributed by atoms with Gasteiger partial charge in [-0.1, -0.05) is 0 Å². The summed E-state index contributed by atoms with van der Waals surface area (Å²) in [4.78, 5) is 15.0. The largest absolute Gasteiger partial charge is 0.494 e. The second-order valence-corrected chi connectivity index (χ2v) is 4.56. The maximum Gasteiger partial charge on any atom is 0.224 e. The van der Waals surface area contributed by atoms with Crippen molar-refractivity contribution in [2.75, 3.05) is 7.11 Å². The van der Waals surface area contributed by atoms with Gasteiger partial charge in [-0.3, -0.25) is 4.79 Å². The first-order valence-electron chi connectivity index (χ1n) is 5.17. The number of hydrogen-bond acceptors (Lipinski definition) is 4. The predicted octanol–water partition coefficient (Wildman–Crippen LogP) is 1.99. The van der Waals surface area contributed by atoms with Crippen LogP contribution in [-0.4, -0.2) is 18.0 Å². The molecule has 0 saturated heterocycles. The summed E-state index contributed by atoms with van der Waals surface area (Å²) in [7, 11) is 1.41. The first-order valence-corrected chi connectivity index (χ1v) is 6.04. The lowest BCUT2D eigenvalue weighted by Crippen LogP contribution is -2.13. The Labute approximate surface area is 107 Å². The fourth-order valence-corrected chi connectivity index (χ4v) is 2.31. The highest BCUT2D eigenvalue weighted by Gasteiger charge is 2.09. The van der Waals surface area contributed by atoms with Crippen LogP contribution in [0.15, 0.2) is 23.6 Å². The molecular formula is C12H11FN2O2S. The molecule has 4 nitrogen and oxygen atoms in total. The number of nitrogens with zero attached hydrogens (tertiary/aromatic N) is 1. The first kappa shape index (κ1) is 12.5. The zero-order valence-electron chi connectivity index (χ0n) is 9.64. The number of primary amides is 1. The first-order chi connectivity index (χ1) is 8.60. The van der Waals surface area contributed by atoms with E-state index in [-0.39, 0.29) is 12.2 Å². The summed E-state index contributed by atoms with van der Waals surface area (Å²) in [5, 5.41) is 2.38.